The van der Waals surface area contributed by atoms with Crippen molar-refractivity contribution in [1.29, 1.82) is 0 Å². The monoisotopic (exact) mass is 507 g/mol. The van der Waals surface area contributed by atoms with Crippen LogP contribution in [0.2, 0.25) is 0 Å². The predicted octanol–water partition coefficient (Wildman–Crippen LogP) is 3.36. The first-order valence-corrected chi connectivity index (χ1v) is 12.2. The van der Waals surface area contributed by atoms with Gasteiger partial charge in [-0.15, -0.1) is 0 Å². The van der Waals surface area contributed by atoms with E-state index >= 15 is 0 Å². The molecule has 0 bridgehead atoms. The van der Waals surface area contributed by atoms with Gasteiger partial charge in [0.05, 0.1) is 19.3 Å². The van der Waals surface area contributed by atoms with Crippen LogP contribution in [0.3, 0.4) is 0 Å². The summed E-state index contributed by atoms with van der Waals surface area (Å²) in [4.78, 5) is 36.0. The molecule has 1 amide bonds. The molecule has 35 heavy (non-hydrogen) atoms. The van der Waals surface area contributed by atoms with Crippen LogP contribution in [-0.4, -0.2) is 46.2 Å². The van der Waals surface area contributed by atoms with Gasteiger partial charge in [-0.2, -0.15) is 13.2 Å². The van der Waals surface area contributed by atoms with E-state index in [1.54, 1.807) is 4.90 Å². The molecule has 186 valence electrons. The molecule has 8 nitrogen and oxygen atoms in total. The van der Waals surface area contributed by atoms with Gasteiger partial charge in [0.1, 0.15) is 6.04 Å². The zero-order valence-electron chi connectivity index (χ0n) is 18.9. The third kappa shape index (κ3) is 4.64. The maximum Gasteiger partial charge on any atom is 0.449 e. The van der Waals surface area contributed by atoms with E-state index < -0.39 is 23.6 Å². The lowest BCUT2D eigenvalue weighted by Crippen LogP contribution is -2.44. The van der Waals surface area contributed by atoms with E-state index in [9.17, 15) is 22.8 Å². The average Bonchev–Trinajstić information content (AvgIpc) is 3.44. The lowest BCUT2D eigenvalue weighted by Gasteiger charge is -2.27. The number of thiazole rings is 1. The number of nitrogens with one attached hydrogen (secondary N) is 1. The predicted molar refractivity (Wildman–Crippen MR) is 124 cm³/mol. The highest BCUT2D eigenvalue weighted by atomic mass is 32.1. The first-order valence-electron chi connectivity index (χ1n) is 11.4. The van der Waals surface area contributed by atoms with Crippen LogP contribution >= 0.6 is 11.3 Å². The molecule has 1 unspecified atom stereocenters. The van der Waals surface area contributed by atoms with Gasteiger partial charge in [-0.3, -0.25) is 14.2 Å². The van der Waals surface area contributed by atoms with Crippen molar-refractivity contribution in [2.24, 2.45) is 5.92 Å². The summed E-state index contributed by atoms with van der Waals surface area (Å²) in [6.45, 7) is 2.88. The number of carbonyl (C=O) groups is 1. The molecule has 5 rings (SSSR count). The Kier molecular flexibility index (Phi) is 6.26. The second-order valence-corrected chi connectivity index (χ2v) is 9.85. The lowest BCUT2D eigenvalue weighted by molar-refractivity contribution is -0.149. The molecule has 2 aliphatic rings. The molecule has 0 saturated carbocycles. The molecule has 0 spiro atoms. The van der Waals surface area contributed by atoms with Crippen molar-refractivity contribution in [3.05, 3.63) is 52.1 Å². The summed E-state index contributed by atoms with van der Waals surface area (Å²) in [5.74, 6) is -1.60. The van der Waals surface area contributed by atoms with Gasteiger partial charge in [0.2, 0.25) is 11.7 Å². The number of hydrogen-bond donors (Lipinski definition) is 1. The average molecular weight is 508 g/mol. The standard InChI is InChI=1S/C23H24F3N5O3S/c1-13(15-6-3-2-4-7-15)27-18(32)16-8-5-9-30(16)22-28-17-19(35-22)29-21(23(24,25)26)31(20(17)33)10-14-11-34-12-14/h2-4,6-7,13-14,16H,5,8-12H2,1H3,(H,27,32)/t13-,16?/m1/s1. The van der Waals surface area contributed by atoms with E-state index in [1.807, 2.05) is 37.3 Å². The fourth-order valence-electron chi connectivity index (χ4n) is 4.46. The van der Waals surface area contributed by atoms with Gasteiger partial charge in [0.15, 0.2) is 15.5 Å². The Balaban J connectivity index is 1.44. The molecule has 1 aromatic carbocycles. The number of halogens is 3. The van der Waals surface area contributed by atoms with Crippen molar-refractivity contribution in [2.75, 3.05) is 24.7 Å². The number of nitrogens with zero attached hydrogens (tertiary/aromatic N) is 4. The fourth-order valence-corrected chi connectivity index (χ4v) is 5.46. The molecular weight excluding hydrogens is 483 g/mol. The van der Waals surface area contributed by atoms with Crippen molar-refractivity contribution in [3.63, 3.8) is 0 Å². The van der Waals surface area contributed by atoms with Crippen molar-refractivity contribution in [3.8, 4) is 0 Å². The second kappa shape index (κ2) is 9.23. The largest absolute Gasteiger partial charge is 0.449 e. The maximum absolute atomic E-state index is 13.7. The number of amides is 1. The third-order valence-corrected chi connectivity index (χ3v) is 7.36. The van der Waals surface area contributed by atoms with Crippen molar-refractivity contribution in [2.45, 2.75) is 44.6 Å². The van der Waals surface area contributed by atoms with Crippen LogP contribution in [0.1, 0.15) is 37.2 Å². The van der Waals surface area contributed by atoms with Crippen LogP contribution < -0.4 is 15.8 Å². The maximum atomic E-state index is 13.7. The fraction of sp³-hybridized carbons (Fsp3) is 0.478. The number of anilines is 1. The Morgan fingerprint density at radius 3 is 2.66 bits per heavy atom. The Bertz CT molecular complexity index is 1290. The lowest BCUT2D eigenvalue weighted by atomic mass is 10.1. The number of benzene rings is 1. The summed E-state index contributed by atoms with van der Waals surface area (Å²) >= 11 is 0.908. The molecular formula is C23H24F3N5O3S. The summed E-state index contributed by atoms with van der Waals surface area (Å²) in [6, 6.07) is 8.81. The van der Waals surface area contributed by atoms with Crippen LogP contribution in [0.4, 0.5) is 18.3 Å². The van der Waals surface area contributed by atoms with Gasteiger partial charge < -0.3 is 15.0 Å². The van der Waals surface area contributed by atoms with Crippen LogP contribution in [-0.2, 0) is 22.3 Å². The quantitative estimate of drug-likeness (QED) is 0.551. The molecule has 0 radical (unpaired) electrons. The van der Waals surface area contributed by atoms with Crippen LogP contribution in [0.25, 0.3) is 10.3 Å². The summed E-state index contributed by atoms with van der Waals surface area (Å²) in [5.41, 5.74) is 0.0308. The Morgan fingerprint density at radius 1 is 1.26 bits per heavy atom. The number of carbonyl (C=O) groups excluding carboxylic acids is 1. The number of rotatable bonds is 6. The van der Waals surface area contributed by atoms with E-state index in [2.05, 4.69) is 15.3 Å². The molecule has 0 aliphatic carbocycles. The Hall–Kier alpha value is -2.99. The zero-order valence-corrected chi connectivity index (χ0v) is 19.7. The minimum absolute atomic E-state index is 0.0813. The number of hydrogen-bond acceptors (Lipinski definition) is 7. The van der Waals surface area contributed by atoms with Crippen molar-refractivity contribution >= 4 is 32.7 Å². The van der Waals surface area contributed by atoms with Crippen LogP contribution in [0, 0.1) is 5.92 Å². The van der Waals surface area contributed by atoms with E-state index in [0.717, 1.165) is 23.3 Å². The first kappa shape index (κ1) is 23.7. The Labute approximate surface area is 202 Å². The van der Waals surface area contributed by atoms with Crippen molar-refractivity contribution in [1.82, 2.24) is 19.9 Å². The molecule has 4 heterocycles. The van der Waals surface area contributed by atoms with E-state index in [4.69, 9.17) is 4.74 Å². The van der Waals surface area contributed by atoms with Crippen LogP contribution in [0.5, 0.6) is 0 Å². The minimum Gasteiger partial charge on any atom is -0.381 e. The normalized spacial score (nSPS) is 19.7. The smallest absolute Gasteiger partial charge is 0.381 e. The number of ether oxygens (including phenoxy) is 1. The zero-order chi connectivity index (χ0) is 24.7. The van der Waals surface area contributed by atoms with Gasteiger partial charge in [-0.1, -0.05) is 41.7 Å². The molecule has 3 aromatic rings. The van der Waals surface area contributed by atoms with Gasteiger partial charge >= 0.3 is 6.18 Å². The van der Waals surface area contributed by atoms with E-state index in [-0.39, 0.29) is 34.8 Å². The topological polar surface area (TPSA) is 89.4 Å². The summed E-state index contributed by atoms with van der Waals surface area (Å²) in [7, 11) is 0. The molecule has 2 fully saturated rings. The summed E-state index contributed by atoms with van der Waals surface area (Å²) in [5, 5.41) is 3.34. The van der Waals surface area contributed by atoms with Gasteiger partial charge in [0.25, 0.3) is 5.56 Å². The summed E-state index contributed by atoms with van der Waals surface area (Å²) < 4.78 is 46.9. The van der Waals surface area contributed by atoms with Gasteiger partial charge in [-0.25, -0.2) is 9.97 Å². The number of fused-ring (bicyclic) bond motifs is 1. The van der Waals surface area contributed by atoms with Crippen molar-refractivity contribution < 1.29 is 22.7 Å². The van der Waals surface area contributed by atoms with E-state index in [0.29, 0.717) is 35.9 Å². The highest BCUT2D eigenvalue weighted by molar-refractivity contribution is 7.21. The number of alkyl halides is 3. The second-order valence-electron chi connectivity index (χ2n) is 8.89. The molecule has 1 N–H and O–H groups in total. The molecule has 2 saturated heterocycles. The number of aromatic nitrogens is 3. The van der Waals surface area contributed by atoms with Crippen LogP contribution in [0.15, 0.2) is 35.1 Å². The SMILES string of the molecule is C[C@@H](NC(=O)C1CCCN1c1nc2c(=O)n(CC3COC3)c(C(F)(F)F)nc2s1)c1ccccc1. The molecule has 2 aromatic heterocycles. The Morgan fingerprint density at radius 2 is 2.00 bits per heavy atom. The minimum atomic E-state index is -4.79. The highest BCUT2D eigenvalue weighted by Gasteiger charge is 2.40. The highest BCUT2D eigenvalue weighted by Crippen LogP contribution is 2.34. The molecule has 2 aliphatic heterocycles. The van der Waals surface area contributed by atoms with Gasteiger partial charge in [-0.05, 0) is 25.3 Å². The third-order valence-electron chi connectivity index (χ3n) is 6.37. The first-order chi connectivity index (χ1) is 16.7. The van der Waals surface area contributed by atoms with Gasteiger partial charge in [0, 0.05) is 19.0 Å². The van der Waals surface area contributed by atoms with E-state index in [1.165, 1.54) is 0 Å². The summed E-state index contributed by atoms with van der Waals surface area (Å²) in [6.07, 6.45) is -3.48. The molecule has 2 atom stereocenters. The molecule has 12 heteroatoms.